The largest absolute Gasteiger partial charge is 0.363 e. The molecule has 0 radical (unpaired) electrons. The average molecular weight is 309 g/mol. The van der Waals surface area contributed by atoms with E-state index in [1.807, 2.05) is 32.7 Å². The Kier molecular flexibility index (Phi) is 6.41. The number of nitrogens with one attached hydrogen (secondary N) is 1. The first-order valence-corrected chi connectivity index (χ1v) is 7.79. The fraction of sp³-hybridized carbons (Fsp3) is 0.750. The summed E-state index contributed by atoms with van der Waals surface area (Å²) in [5.74, 6) is 1.66. The highest BCUT2D eigenvalue weighted by Crippen LogP contribution is 2.21. The summed E-state index contributed by atoms with van der Waals surface area (Å²) >= 11 is 0. The molecule has 1 aromatic heterocycles. The van der Waals surface area contributed by atoms with E-state index in [-0.39, 0.29) is 11.9 Å². The standard InChI is InChI=1S/C16H31N5O/c1-11(2)9-14(16(22)20(6)7)17-10-13-12(3)18-21(8)15(13)19(4)5/h11,14,17H,9-10H2,1-8H3. The van der Waals surface area contributed by atoms with Gasteiger partial charge in [0, 0.05) is 47.3 Å². The van der Waals surface area contributed by atoms with Crippen molar-refractivity contribution >= 4 is 11.7 Å². The number of likely N-dealkylation sites (N-methyl/N-ethyl adjacent to an activating group) is 1. The first-order valence-electron chi connectivity index (χ1n) is 7.79. The average Bonchev–Trinajstić information content (AvgIpc) is 2.67. The van der Waals surface area contributed by atoms with Gasteiger partial charge in [-0.2, -0.15) is 5.10 Å². The van der Waals surface area contributed by atoms with Crippen molar-refractivity contribution in [3.8, 4) is 0 Å². The Balaban J connectivity index is 2.91. The molecule has 0 bridgehead atoms. The lowest BCUT2D eigenvalue weighted by atomic mass is 10.0. The number of rotatable bonds is 7. The van der Waals surface area contributed by atoms with Crippen LogP contribution in [0.2, 0.25) is 0 Å². The van der Waals surface area contributed by atoms with Crippen molar-refractivity contribution in [2.75, 3.05) is 33.1 Å². The minimum Gasteiger partial charge on any atom is -0.363 e. The number of carbonyl (C=O) groups is 1. The van der Waals surface area contributed by atoms with Gasteiger partial charge in [0.1, 0.15) is 5.82 Å². The van der Waals surface area contributed by atoms with E-state index < -0.39 is 0 Å². The zero-order chi connectivity index (χ0) is 17.0. The Morgan fingerprint density at radius 3 is 2.32 bits per heavy atom. The molecule has 0 spiro atoms. The molecule has 6 nitrogen and oxygen atoms in total. The van der Waals surface area contributed by atoms with Crippen LogP contribution in [0.3, 0.4) is 0 Å². The van der Waals surface area contributed by atoms with Crippen LogP contribution in [0.4, 0.5) is 5.82 Å². The summed E-state index contributed by atoms with van der Waals surface area (Å²) < 4.78 is 1.89. The third-order valence-electron chi connectivity index (χ3n) is 3.71. The van der Waals surface area contributed by atoms with Gasteiger partial charge in [0.05, 0.1) is 11.7 Å². The smallest absolute Gasteiger partial charge is 0.239 e. The summed E-state index contributed by atoms with van der Waals surface area (Å²) in [6.07, 6.45) is 0.827. The maximum Gasteiger partial charge on any atom is 0.239 e. The quantitative estimate of drug-likeness (QED) is 0.827. The molecule has 0 aliphatic heterocycles. The van der Waals surface area contributed by atoms with Gasteiger partial charge in [-0.25, -0.2) is 0 Å². The Bertz CT molecular complexity index is 505. The van der Waals surface area contributed by atoms with E-state index >= 15 is 0 Å². The molecule has 0 aliphatic rings. The summed E-state index contributed by atoms with van der Waals surface area (Å²) in [5.41, 5.74) is 2.15. The molecule has 6 heteroatoms. The summed E-state index contributed by atoms with van der Waals surface area (Å²) in [6, 6.07) is -0.162. The number of nitrogens with zero attached hydrogens (tertiary/aromatic N) is 4. The second-order valence-electron chi connectivity index (χ2n) is 6.70. The molecule has 0 aliphatic carbocycles. The van der Waals surface area contributed by atoms with E-state index in [1.54, 1.807) is 19.0 Å². The number of carbonyl (C=O) groups excluding carboxylic acids is 1. The topological polar surface area (TPSA) is 53.4 Å². The molecule has 1 heterocycles. The van der Waals surface area contributed by atoms with Crippen LogP contribution >= 0.6 is 0 Å². The van der Waals surface area contributed by atoms with Crippen molar-refractivity contribution in [2.45, 2.75) is 39.8 Å². The third-order valence-corrected chi connectivity index (χ3v) is 3.71. The third kappa shape index (κ3) is 4.47. The van der Waals surface area contributed by atoms with Gasteiger partial charge in [-0.1, -0.05) is 13.8 Å². The van der Waals surface area contributed by atoms with Gasteiger partial charge in [-0.3, -0.25) is 9.48 Å². The van der Waals surface area contributed by atoms with Crippen molar-refractivity contribution in [3.63, 3.8) is 0 Å². The van der Waals surface area contributed by atoms with Crippen LogP contribution in [-0.2, 0) is 18.4 Å². The first-order chi connectivity index (χ1) is 10.1. The van der Waals surface area contributed by atoms with Gasteiger partial charge >= 0.3 is 0 Å². The number of anilines is 1. The normalized spacial score (nSPS) is 12.6. The van der Waals surface area contributed by atoms with Crippen LogP contribution in [0.5, 0.6) is 0 Å². The highest BCUT2D eigenvalue weighted by Gasteiger charge is 2.23. The number of aromatic nitrogens is 2. The van der Waals surface area contributed by atoms with Crippen LogP contribution in [0.25, 0.3) is 0 Å². The van der Waals surface area contributed by atoms with Crippen LogP contribution in [0, 0.1) is 12.8 Å². The Labute approximate surface area is 134 Å². The summed E-state index contributed by atoms with van der Waals surface area (Å²) in [7, 11) is 9.57. The highest BCUT2D eigenvalue weighted by atomic mass is 16.2. The number of aryl methyl sites for hydroxylation is 2. The lowest BCUT2D eigenvalue weighted by molar-refractivity contribution is -0.131. The summed E-state index contributed by atoms with van der Waals surface area (Å²) in [4.78, 5) is 16.1. The van der Waals surface area contributed by atoms with Gasteiger partial charge in [-0.05, 0) is 19.3 Å². The Hall–Kier alpha value is -1.56. The minimum atomic E-state index is -0.162. The number of hydrogen-bond acceptors (Lipinski definition) is 4. The van der Waals surface area contributed by atoms with Crippen LogP contribution in [0.1, 0.15) is 31.5 Å². The van der Waals surface area contributed by atoms with E-state index in [0.717, 1.165) is 23.5 Å². The molecule has 1 rings (SSSR count). The van der Waals surface area contributed by atoms with E-state index in [1.165, 1.54) is 0 Å². The fourth-order valence-electron chi connectivity index (χ4n) is 2.74. The maximum absolute atomic E-state index is 12.3. The molecule has 0 fully saturated rings. The lowest BCUT2D eigenvalue weighted by Gasteiger charge is -2.24. The predicted molar refractivity (Wildman–Crippen MR) is 91.0 cm³/mol. The van der Waals surface area contributed by atoms with Crippen molar-refractivity contribution < 1.29 is 4.79 Å². The highest BCUT2D eigenvalue weighted by molar-refractivity contribution is 5.81. The minimum absolute atomic E-state index is 0.127. The van der Waals surface area contributed by atoms with E-state index in [9.17, 15) is 4.79 Å². The second-order valence-corrected chi connectivity index (χ2v) is 6.70. The van der Waals surface area contributed by atoms with Crippen molar-refractivity contribution in [1.82, 2.24) is 20.0 Å². The molecular weight excluding hydrogens is 278 g/mol. The molecule has 0 saturated carbocycles. The molecule has 1 N–H and O–H groups in total. The van der Waals surface area contributed by atoms with E-state index in [0.29, 0.717) is 12.5 Å². The molecule has 0 saturated heterocycles. The molecule has 126 valence electrons. The second kappa shape index (κ2) is 7.63. The van der Waals surface area contributed by atoms with Crippen LogP contribution in [0.15, 0.2) is 0 Å². The predicted octanol–water partition coefficient (Wildman–Crippen LogP) is 1.39. The van der Waals surface area contributed by atoms with Gasteiger partial charge in [0.15, 0.2) is 0 Å². The van der Waals surface area contributed by atoms with Crippen LogP contribution < -0.4 is 10.2 Å². The molecule has 1 unspecified atom stereocenters. The summed E-state index contributed by atoms with van der Waals surface area (Å²) in [5, 5.41) is 7.92. The number of amides is 1. The molecule has 1 amide bonds. The molecule has 1 atom stereocenters. The molecular formula is C16H31N5O. The fourth-order valence-corrected chi connectivity index (χ4v) is 2.74. The summed E-state index contributed by atoms with van der Waals surface area (Å²) in [6.45, 7) is 6.93. The zero-order valence-corrected chi connectivity index (χ0v) is 15.3. The number of hydrogen-bond donors (Lipinski definition) is 1. The Morgan fingerprint density at radius 1 is 1.27 bits per heavy atom. The lowest BCUT2D eigenvalue weighted by Crippen LogP contribution is -2.44. The van der Waals surface area contributed by atoms with Crippen molar-refractivity contribution in [3.05, 3.63) is 11.3 Å². The monoisotopic (exact) mass is 309 g/mol. The van der Waals surface area contributed by atoms with Gasteiger partial charge < -0.3 is 15.1 Å². The maximum atomic E-state index is 12.3. The molecule has 1 aromatic rings. The van der Waals surface area contributed by atoms with Crippen molar-refractivity contribution in [1.29, 1.82) is 0 Å². The van der Waals surface area contributed by atoms with E-state index in [4.69, 9.17) is 0 Å². The van der Waals surface area contributed by atoms with Gasteiger partial charge in [-0.15, -0.1) is 0 Å². The SMILES string of the molecule is Cc1nn(C)c(N(C)C)c1CNC(CC(C)C)C(=O)N(C)C. The van der Waals surface area contributed by atoms with Gasteiger partial charge in [0.2, 0.25) is 5.91 Å². The Morgan fingerprint density at radius 2 is 1.86 bits per heavy atom. The van der Waals surface area contributed by atoms with Crippen LogP contribution in [-0.4, -0.2) is 54.8 Å². The first kappa shape index (κ1) is 18.5. The van der Waals surface area contributed by atoms with E-state index in [2.05, 4.69) is 29.2 Å². The van der Waals surface area contributed by atoms with Gasteiger partial charge in [0.25, 0.3) is 0 Å². The molecule has 22 heavy (non-hydrogen) atoms. The zero-order valence-electron chi connectivity index (χ0n) is 15.3. The molecule has 0 aromatic carbocycles. The van der Waals surface area contributed by atoms with Crippen molar-refractivity contribution in [2.24, 2.45) is 13.0 Å².